The van der Waals surface area contributed by atoms with Crippen molar-refractivity contribution in [1.29, 1.82) is 0 Å². The highest BCUT2D eigenvalue weighted by atomic mass is 35.5. The number of hydrogen-bond donors (Lipinski definition) is 3. The molecule has 0 aliphatic carbocycles. The fourth-order valence-corrected chi connectivity index (χ4v) is 3.94. The Labute approximate surface area is 230 Å². The smallest absolute Gasteiger partial charge is 0.349 e. The number of nitrogens with zero attached hydrogens (tertiary/aromatic N) is 2. The second-order valence-electron chi connectivity index (χ2n) is 10.2. The van der Waals surface area contributed by atoms with Gasteiger partial charge in [-0.15, -0.1) is 12.4 Å². The molecule has 3 aromatic carbocycles. The molecule has 0 spiro atoms. The Kier molecular flexibility index (Phi) is 8.30. The van der Waals surface area contributed by atoms with Crippen molar-refractivity contribution in [1.82, 2.24) is 9.97 Å². The summed E-state index contributed by atoms with van der Waals surface area (Å²) >= 11 is 0. The molecule has 206 valence electrons. The zero-order valence-corrected chi connectivity index (χ0v) is 22.8. The fraction of sp³-hybridized carbons (Fsp3) is 0.250. The SMILES string of the molecule is CN(C)c1nc2c(C(=O)Nc3ccc(C(C)(C)C)cc3)cc(NC(=O)c3ccccc3C(F)(F)F)cc2[nH]1.Cl. The van der Waals surface area contributed by atoms with Gasteiger partial charge in [0, 0.05) is 25.5 Å². The molecule has 3 N–H and O–H groups in total. The number of imidazole rings is 1. The maximum Gasteiger partial charge on any atom is 0.417 e. The Morgan fingerprint density at radius 3 is 2.03 bits per heavy atom. The van der Waals surface area contributed by atoms with E-state index in [9.17, 15) is 22.8 Å². The molecule has 1 heterocycles. The number of hydrogen-bond acceptors (Lipinski definition) is 4. The standard InChI is InChI=1S/C28H28F3N5O2.ClH/c1-27(2,3)16-10-12-17(13-11-16)32-25(38)20-14-18(15-22-23(20)35-26(34-22)36(4)5)33-24(37)19-8-6-7-9-21(19)28(29,30)31;/h6-15H,1-5H3,(H,32,38)(H,33,37)(H,34,35);1H. The van der Waals surface area contributed by atoms with Crippen LogP contribution in [0.4, 0.5) is 30.5 Å². The number of alkyl halides is 3. The summed E-state index contributed by atoms with van der Waals surface area (Å²) in [7, 11) is 3.54. The first-order valence-electron chi connectivity index (χ1n) is 11.8. The van der Waals surface area contributed by atoms with Gasteiger partial charge in [0.05, 0.1) is 22.2 Å². The van der Waals surface area contributed by atoms with Crippen molar-refractivity contribution in [3.05, 3.63) is 82.9 Å². The highest BCUT2D eigenvalue weighted by molar-refractivity contribution is 6.14. The van der Waals surface area contributed by atoms with E-state index < -0.39 is 29.1 Å². The Balaban J connectivity index is 0.00000420. The molecule has 1 aromatic heterocycles. The minimum atomic E-state index is -4.70. The molecule has 0 unspecified atom stereocenters. The van der Waals surface area contributed by atoms with Gasteiger partial charge >= 0.3 is 6.18 Å². The molecule has 11 heteroatoms. The maximum absolute atomic E-state index is 13.5. The molecular formula is C28H29ClF3N5O2. The highest BCUT2D eigenvalue weighted by Crippen LogP contribution is 2.33. The number of amides is 2. The van der Waals surface area contributed by atoms with Crippen LogP contribution in [-0.4, -0.2) is 35.9 Å². The van der Waals surface area contributed by atoms with Crippen molar-refractivity contribution in [2.24, 2.45) is 0 Å². The van der Waals surface area contributed by atoms with Crippen molar-refractivity contribution in [3.63, 3.8) is 0 Å². The number of aromatic amines is 1. The topological polar surface area (TPSA) is 90.1 Å². The molecule has 0 fully saturated rings. The molecule has 0 aliphatic rings. The number of aromatic nitrogens is 2. The van der Waals surface area contributed by atoms with E-state index in [2.05, 4.69) is 41.4 Å². The van der Waals surface area contributed by atoms with Gasteiger partial charge in [0.2, 0.25) is 5.95 Å². The lowest BCUT2D eigenvalue weighted by Crippen LogP contribution is -2.19. The number of rotatable bonds is 5. The van der Waals surface area contributed by atoms with E-state index in [1.54, 1.807) is 31.1 Å². The van der Waals surface area contributed by atoms with Gasteiger partial charge < -0.3 is 20.5 Å². The lowest BCUT2D eigenvalue weighted by Gasteiger charge is -2.19. The van der Waals surface area contributed by atoms with Crippen LogP contribution in [0.5, 0.6) is 0 Å². The predicted octanol–water partition coefficient (Wildman–Crippen LogP) is 6.87. The molecule has 0 saturated heterocycles. The van der Waals surface area contributed by atoms with E-state index in [-0.39, 0.29) is 29.1 Å². The van der Waals surface area contributed by atoms with Crippen LogP contribution in [0.1, 0.15) is 52.6 Å². The van der Waals surface area contributed by atoms with Crippen molar-refractivity contribution in [2.75, 3.05) is 29.6 Å². The third-order valence-corrected chi connectivity index (χ3v) is 5.99. The molecule has 2 amide bonds. The second-order valence-corrected chi connectivity index (χ2v) is 10.2. The predicted molar refractivity (Wildman–Crippen MR) is 150 cm³/mol. The molecule has 4 aromatic rings. The van der Waals surface area contributed by atoms with Gasteiger partial charge in [0.25, 0.3) is 11.8 Å². The quantitative estimate of drug-likeness (QED) is 0.249. The lowest BCUT2D eigenvalue weighted by atomic mass is 9.87. The zero-order chi connectivity index (χ0) is 27.8. The van der Waals surface area contributed by atoms with Crippen molar-refractivity contribution in [2.45, 2.75) is 32.4 Å². The van der Waals surface area contributed by atoms with Crippen LogP contribution in [0.3, 0.4) is 0 Å². The summed E-state index contributed by atoms with van der Waals surface area (Å²) in [6, 6.07) is 14.9. The Morgan fingerprint density at radius 1 is 0.846 bits per heavy atom. The van der Waals surface area contributed by atoms with E-state index >= 15 is 0 Å². The normalized spacial score (nSPS) is 11.6. The monoisotopic (exact) mass is 559 g/mol. The first-order valence-corrected chi connectivity index (χ1v) is 11.8. The molecule has 0 aliphatic heterocycles. The van der Waals surface area contributed by atoms with E-state index in [0.29, 0.717) is 22.7 Å². The van der Waals surface area contributed by atoms with Crippen LogP contribution in [-0.2, 0) is 11.6 Å². The first-order chi connectivity index (χ1) is 17.7. The van der Waals surface area contributed by atoms with E-state index in [4.69, 9.17) is 0 Å². The Hall–Kier alpha value is -4.05. The zero-order valence-electron chi connectivity index (χ0n) is 22.0. The fourth-order valence-electron chi connectivity index (χ4n) is 3.94. The summed E-state index contributed by atoms with van der Waals surface area (Å²) in [6.45, 7) is 6.26. The lowest BCUT2D eigenvalue weighted by molar-refractivity contribution is -0.137. The average molecular weight is 560 g/mol. The van der Waals surface area contributed by atoms with Crippen LogP contribution in [0.25, 0.3) is 11.0 Å². The number of halogens is 4. The highest BCUT2D eigenvalue weighted by Gasteiger charge is 2.35. The molecule has 39 heavy (non-hydrogen) atoms. The molecule has 4 rings (SSSR count). The van der Waals surface area contributed by atoms with Crippen LogP contribution < -0.4 is 15.5 Å². The summed E-state index contributed by atoms with van der Waals surface area (Å²) in [5, 5.41) is 5.35. The molecule has 0 bridgehead atoms. The van der Waals surface area contributed by atoms with Gasteiger partial charge in [-0.2, -0.15) is 13.2 Å². The summed E-state index contributed by atoms with van der Waals surface area (Å²) in [4.78, 5) is 35.5. The van der Waals surface area contributed by atoms with Gasteiger partial charge in [-0.3, -0.25) is 9.59 Å². The van der Waals surface area contributed by atoms with Gasteiger partial charge in [0.15, 0.2) is 0 Å². The average Bonchev–Trinajstić information content (AvgIpc) is 3.27. The number of fused-ring (bicyclic) bond motifs is 1. The number of carbonyl (C=O) groups is 2. The van der Waals surface area contributed by atoms with Gasteiger partial charge in [0.1, 0.15) is 5.52 Å². The number of anilines is 3. The summed E-state index contributed by atoms with van der Waals surface area (Å²) in [6.07, 6.45) is -4.70. The van der Waals surface area contributed by atoms with E-state index in [1.807, 2.05) is 12.1 Å². The molecule has 0 saturated carbocycles. The number of carbonyl (C=O) groups excluding carboxylic acids is 2. The van der Waals surface area contributed by atoms with E-state index in [1.165, 1.54) is 24.3 Å². The molecular weight excluding hydrogens is 531 g/mol. The number of H-pyrrole nitrogens is 1. The van der Waals surface area contributed by atoms with Crippen molar-refractivity contribution in [3.8, 4) is 0 Å². The van der Waals surface area contributed by atoms with Crippen LogP contribution >= 0.6 is 12.4 Å². The van der Waals surface area contributed by atoms with Gasteiger partial charge in [-0.05, 0) is 47.4 Å². The Bertz CT molecular complexity index is 1510. The largest absolute Gasteiger partial charge is 0.417 e. The van der Waals surface area contributed by atoms with Crippen molar-refractivity contribution < 1.29 is 22.8 Å². The molecule has 7 nitrogen and oxygen atoms in total. The molecule has 0 radical (unpaired) electrons. The van der Waals surface area contributed by atoms with Crippen LogP contribution in [0, 0.1) is 0 Å². The number of nitrogens with one attached hydrogen (secondary N) is 3. The minimum absolute atomic E-state index is 0. The third-order valence-electron chi connectivity index (χ3n) is 5.99. The van der Waals surface area contributed by atoms with Crippen molar-refractivity contribution >= 4 is 52.6 Å². The van der Waals surface area contributed by atoms with Crippen LogP contribution in [0.15, 0.2) is 60.7 Å². The summed E-state index contributed by atoms with van der Waals surface area (Å²) in [5.41, 5.74) is 1.11. The molecule has 0 atom stereocenters. The van der Waals surface area contributed by atoms with Gasteiger partial charge in [-0.1, -0.05) is 45.0 Å². The van der Waals surface area contributed by atoms with Gasteiger partial charge in [-0.25, -0.2) is 4.98 Å². The third kappa shape index (κ3) is 6.51. The number of benzene rings is 3. The Morgan fingerprint density at radius 2 is 1.44 bits per heavy atom. The summed E-state index contributed by atoms with van der Waals surface area (Å²) < 4.78 is 40.4. The van der Waals surface area contributed by atoms with Crippen LogP contribution in [0.2, 0.25) is 0 Å². The minimum Gasteiger partial charge on any atom is -0.349 e. The summed E-state index contributed by atoms with van der Waals surface area (Å²) in [5.74, 6) is -0.967. The second kappa shape index (κ2) is 11.0. The first kappa shape index (κ1) is 29.5. The maximum atomic E-state index is 13.5. The van der Waals surface area contributed by atoms with E-state index in [0.717, 1.165) is 17.7 Å².